The van der Waals surface area contributed by atoms with Crippen molar-refractivity contribution in [2.75, 3.05) is 5.32 Å². The molecule has 1 amide bonds. The van der Waals surface area contributed by atoms with Crippen molar-refractivity contribution >= 4 is 44.4 Å². The van der Waals surface area contributed by atoms with E-state index in [1.807, 2.05) is 60.8 Å². The maximum Gasteiger partial charge on any atom is 0.250 e. The molecule has 1 heterocycles. The minimum Gasteiger partial charge on any atom is -0.298 e. The molecule has 1 aromatic heterocycles. The number of amides is 1. The van der Waals surface area contributed by atoms with Crippen molar-refractivity contribution in [2.45, 2.75) is 6.92 Å². The lowest BCUT2D eigenvalue weighted by Crippen LogP contribution is -2.07. The first-order valence-corrected chi connectivity index (χ1v) is 9.04. The Balaban J connectivity index is 1.66. The highest BCUT2D eigenvalue weighted by molar-refractivity contribution is 9.10. The summed E-state index contributed by atoms with van der Waals surface area (Å²) in [4.78, 5) is 16.5. The van der Waals surface area contributed by atoms with Crippen molar-refractivity contribution < 1.29 is 4.79 Å². The van der Waals surface area contributed by atoms with Gasteiger partial charge >= 0.3 is 0 Å². The predicted octanol–water partition coefficient (Wildman–Crippen LogP) is 5.53. The number of thiazole rings is 1. The Bertz CT molecular complexity index is 884. The molecule has 120 valence electrons. The smallest absolute Gasteiger partial charge is 0.250 e. The molecule has 3 nitrogen and oxygen atoms in total. The zero-order valence-electron chi connectivity index (χ0n) is 13.0. The zero-order chi connectivity index (χ0) is 16.9. The fraction of sp³-hybridized carbons (Fsp3) is 0.0526. The molecule has 0 aliphatic heterocycles. The predicted molar refractivity (Wildman–Crippen MR) is 104 cm³/mol. The van der Waals surface area contributed by atoms with Crippen LogP contribution in [0.5, 0.6) is 0 Å². The monoisotopic (exact) mass is 398 g/mol. The summed E-state index contributed by atoms with van der Waals surface area (Å²) in [6.45, 7) is 2.03. The first-order chi connectivity index (χ1) is 11.6. The highest BCUT2D eigenvalue weighted by Gasteiger charge is 2.06. The van der Waals surface area contributed by atoms with Crippen LogP contribution in [0.15, 0.2) is 64.5 Å². The van der Waals surface area contributed by atoms with Crippen LogP contribution in [0.1, 0.15) is 11.1 Å². The second kappa shape index (κ2) is 7.55. The van der Waals surface area contributed by atoms with E-state index in [1.165, 1.54) is 23.0 Å². The Morgan fingerprint density at radius 3 is 2.75 bits per heavy atom. The Morgan fingerprint density at radius 1 is 1.21 bits per heavy atom. The molecular formula is C19H15BrN2OS. The van der Waals surface area contributed by atoms with Gasteiger partial charge in [0.05, 0.1) is 5.69 Å². The van der Waals surface area contributed by atoms with E-state index in [2.05, 4.69) is 26.2 Å². The highest BCUT2D eigenvalue weighted by atomic mass is 79.9. The number of carbonyl (C=O) groups excluding carboxylic acids is 1. The van der Waals surface area contributed by atoms with Crippen LogP contribution in [-0.2, 0) is 4.79 Å². The van der Waals surface area contributed by atoms with E-state index in [-0.39, 0.29) is 5.91 Å². The van der Waals surface area contributed by atoms with Crippen LogP contribution < -0.4 is 5.32 Å². The lowest BCUT2D eigenvalue weighted by Gasteiger charge is -1.98. The van der Waals surface area contributed by atoms with Crippen LogP contribution in [0.3, 0.4) is 0 Å². The number of aromatic nitrogens is 1. The summed E-state index contributed by atoms with van der Waals surface area (Å²) in [5.41, 5.74) is 4.04. The number of halogens is 1. The molecular weight excluding hydrogens is 384 g/mol. The van der Waals surface area contributed by atoms with Crippen LogP contribution in [0, 0.1) is 6.92 Å². The molecule has 1 N–H and O–H groups in total. The van der Waals surface area contributed by atoms with Gasteiger partial charge in [0, 0.05) is 21.5 Å². The molecule has 0 spiro atoms. The molecule has 3 rings (SSSR count). The average molecular weight is 399 g/mol. The fourth-order valence-corrected chi connectivity index (χ4v) is 3.23. The molecule has 0 aliphatic carbocycles. The lowest BCUT2D eigenvalue weighted by molar-refractivity contribution is -0.111. The number of nitrogens with zero attached hydrogens (tertiary/aromatic N) is 1. The molecule has 5 heteroatoms. The van der Waals surface area contributed by atoms with E-state index in [0.29, 0.717) is 5.13 Å². The molecule has 0 fully saturated rings. The van der Waals surface area contributed by atoms with Gasteiger partial charge in [-0.05, 0) is 30.7 Å². The summed E-state index contributed by atoms with van der Waals surface area (Å²) in [6, 6.07) is 15.9. The average Bonchev–Trinajstić information content (AvgIpc) is 3.03. The van der Waals surface area contributed by atoms with Gasteiger partial charge in [0.15, 0.2) is 5.13 Å². The summed E-state index contributed by atoms with van der Waals surface area (Å²) >= 11 is 4.86. The molecule has 0 unspecified atom stereocenters. The van der Waals surface area contributed by atoms with Gasteiger partial charge in [0.25, 0.3) is 0 Å². The Kier molecular flexibility index (Phi) is 5.23. The van der Waals surface area contributed by atoms with Crippen LogP contribution in [0.2, 0.25) is 0 Å². The number of hydrogen-bond acceptors (Lipinski definition) is 3. The molecule has 0 radical (unpaired) electrons. The quantitative estimate of drug-likeness (QED) is 0.586. The number of aryl methyl sites for hydroxylation is 1. The number of carbonyl (C=O) groups is 1. The molecule has 0 saturated carbocycles. The topological polar surface area (TPSA) is 42.0 Å². The van der Waals surface area contributed by atoms with E-state index in [1.54, 1.807) is 6.08 Å². The van der Waals surface area contributed by atoms with Crippen molar-refractivity contribution in [3.05, 3.63) is 75.6 Å². The third kappa shape index (κ3) is 4.40. The van der Waals surface area contributed by atoms with Crippen molar-refractivity contribution in [2.24, 2.45) is 0 Å². The third-order valence-electron chi connectivity index (χ3n) is 3.36. The van der Waals surface area contributed by atoms with E-state index < -0.39 is 0 Å². The van der Waals surface area contributed by atoms with Crippen molar-refractivity contribution in [3.8, 4) is 11.3 Å². The summed E-state index contributed by atoms with van der Waals surface area (Å²) in [6.07, 6.45) is 3.31. The molecule has 0 saturated heterocycles. The third-order valence-corrected chi connectivity index (χ3v) is 4.61. The number of rotatable bonds is 4. The van der Waals surface area contributed by atoms with Crippen LogP contribution in [0.4, 0.5) is 5.13 Å². The van der Waals surface area contributed by atoms with Gasteiger partial charge in [-0.3, -0.25) is 10.1 Å². The van der Waals surface area contributed by atoms with E-state index in [9.17, 15) is 4.79 Å². The Labute approximate surface area is 153 Å². The maximum atomic E-state index is 12.0. The highest BCUT2D eigenvalue weighted by Crippen LogP contribution is 2.26. The SMILES string of the molecule is Cc1ccc(C=CC(=O)Nc2nc(-c3cccc(Br)c3)cs2)cc1. The summed E-state index contributed by atoms with van der Waals surface area (Å²) in [5.74, 6) is -0.189. The summed E-state index contributed by atoms with van der Waals surface area (Å²) in [7, 11) is 0. The lowest BCUT2D eigenvalue weighted by atomic mass is 10.1. The molecule has 3 aromatic rings. The zero-order valence-corrected chi connectivity index (χ0v) is 15.4. The summed E-state index contributed by atoms with van der Waals surface area (Å²) < 4.78 is 1.000. The van der Waals surface area contributed by atoms with Crippen molar-refractivity contribution in [1.29, 1.82) is 0 Å². The maximum absolute atomic E-state index is 12.0. The second-order valence-electron chi connectivity index (χ2n) is 5.28. The standard InChI is InChI=1S/C19H15BrN2OS/c1-13-5-7-14(8-6-13)9-10-18(23)22-19-21-17(12-24-19)15-3-2-4-16(20)11-15/h2-12H,1H3,(H,21,22,23). The molecule has 0 bridgehead atoms. The first-order valence-electron chi connectivity index (χ1n) is 7.37. The number of nitrogens with one attached hydrogen (secondary N) is 1. The van der Waals surface area contributed by atoms with E-state index in [4.69, 9.17) is 0 Å². The van der Waals surface area contributed by atoms with Gasteiger partial charge in [-0.1, -0.05) is 57.9 Å². The largest absolute Gasteiger partial charge is 0.298 e. The second-order valence-corrected chi connectivity index (χ2v) is 7.06. The normalized spacial score (nSPS) is 10.9. The van der Waals surface area contributed by atoms with Gasteiger partial charge in [-0.2, -0.15) is 0 Å². The van der Waals surface area contributed by atoms with Crippen molar-refractivity contribution in [1.82, 2.24) is 4.98 Å². The van der Waals surface area contributed by atoms with Gasteiger partial charge in [0.1, 0.15) is 0 Å². The first kappa shape index (κ1) is 16.6. The number of anilines is 1. The van der Waals surface area contributed by atoms with E-state index in [0.717, 1.165) is 21.3 Å². The van der Waals surface area contributed by atoms with Gasteiger partial charge in [-0.25, -0.2) is 4.98 Å². The Morgan fingerprint density at radius 2 is 2.00 bits per heavy atom. The molecule has 0 atom stereocenters. The Hall–Kier alpha value is -2.24. The van der Waals surface area contributed by atoms with E-state index >= 15 is 0 Å². The van der Waals surface area contributed by atoms with Crippen molar-refractivity contribution in [3.63, 3.8) is 0 Å². The number of hydrogen-bond donors (Lipinski definition) is 1. The minimum absolute atomic E-state index is 0.189. The number of benzene rings is 2. The summed E-state index contributed by atoms with van der Waals surface area (Å²) in [5, 5.41) is 5.32. The van der Waals surface area contributed by atoms with Crippen LogP contribution in [-0.4, -0.2) is 10.9 Å². The van der Waals surface area contributed by atoms with Crippen LogP contribution >= 0.6 is 27.3 Å². The fourth-order valence-electron chi connectivity index (χ4n) is 2.11. The molecule has 24 heavy (non-hydrogen) atoms. The minimum atomic E-state index is -0.189. The van der Waals surface area contributed by atoms with Crippen LogP contribution in [0.25, 0.3) is 17.3 Å². The molecule has 0 aliphatic rings. The van der Waals surface area contributed by atoms with Gasteiger partial charge in [-0.15, -0.1) is 11.3 Å². The van der Waals surface area contributed by atoms with Gasteiger partial charge in [0.2, 0.25) is 5.91 Å². The van der Waals surface area contributed by atoms with Gasteiger partial charge < -0.3 is 0 Å². The molecule has 2 aromatic carbocycles.